The first-order valence-electron chi connectivity index (χ1n) is 7.08. The molecule has 2 aromatic rings. The summed E-state index contributed by atoms with van der Waals surface area (Å²) in [5.74, 6) is -0.279. The third-order valence-corrected chi connectivity index (χ3v) is 3.63. The number of ether oxygens (including phenoxy) is 1. The van der Waals surface area contributed by atoms with E-state index in [0.717, 1.165) is 11.3 Å². The molecule has 122 valence electrons. The van der Waals surface area contributed by atoms with Gasteiger partial charge in [0, 0.05) is 17.1 Å². The quantitative estimate of drug-likeness (QED) is 0.759. The Morgan fingerprint density at radius 1 is 1.22 bits per heavy atom. The minimum absolute atomic E-state index is 0.0360. The second-order valence-electron chi connectivity index (χ2n) is 5.27. The average molecular weight is 354 g/mol. The van der Waals surface area contributed by atoms with Crippen molar-refractivity contribution in [1.82, 2.24) is 0 Å². The summed E-state index contributed by atoms with van der Waals surface area (Å²) >= 11 is 12.2. The molecule has 0 amide bonds. The summed E-state index contributed by atoms with van der Waals surface area (Å²) in [7, 11) is 0. The molecule has 2 rings (SSSR count). The topological polar surface area (TPSA) is 58.6 Å². The molecule has 0 heterocycles. The summed E-state index contributed by atoms with van der Waals surface area (Å²) in [4.78, 5) is 11.1. The summed E-state index contributed by atoms with van der Waals surface area (Å²) in [5, 5.41) is 13.2. The van der Waals surface area contributed by atoms with E-state index < -0.39 is 5.97 Å². The zero-order chi connectivity index (χ0) is 17.0. The van der Waals surface area contributed by atoms with Gasteiger partial charge in [0.1, 0.15) is 5.75 Å². The van der Waals surface area contributed by atoms with E-state index in [1.165, 1.54) is 12.1 Å². The number of aromatic carboxylic acids is 1. The fourth-order valence-electron chi connectivity index (χ4n) is 2.04. The molecule has 0 fully saturated rings. The van der Waals surface area contributed by atoms with Gasteiger partial charge >= 0.3 is 5.97 Å². The Morgan fingerprint density at radius 3 is 2.61 bits per heavy atom. The molecule has 0 radical (unpaired) electrons. The van der Waals surface area contributed by atoms with Gasteiger partial charge in [0.15, 0.2) is 0 Å². The number of hydrogen-bond acceptors (Lipinski definition) is 3. The lowest BCUT2D eigenvalue weighted by Crippen LogP contribution is -2.09. The minimum Gasteiger partial charge on any atom is -0.491 e. The van der Waals surface area contributed by atoms with Gasteiger partial charge < -0.3 is 15.2 Å². The molecule has 2 N–H and O–H groups in total. The molecule has 0 aromatic heterocycles. The zero-order valence-corrected chi connectivity index (χ0v) is 14.3. The van der Waals surface area contributed by atoms with Crippen LogP contribution in [0.2, 0.25) is 10.0 Å². The molecule has 0 unspecified atom stereocenters. The fraction of sp³-hybridized carbons (Fsp3) is 0.235. The van der Waals surface area contributed by atoms with Crippen molar-refractivity contribution in [2.45, 2.75) is 26.5 Å². The third-order valence-electron chi connectivity index (χ3n) is 3.07. The Balaban J connectivity index is 2.22. The average Bonchev–Trinajstić information content (AvgIpc) is 2.48. The van der Waals surface area contributed by atoms with Crippen LogP contribution in [0.25, 0.3) is 0 Å². The third kappa shape index (κ3) is 4.78. The normalized spacial score (nSPS) is 10.7. The molecule has 0 saturated heterocycles. The highest BCUT2D eigenvalue weighted by atomic mass is 35.5. The van der Waals surface area contributed by atoms with Crippen LogP contribution in [0, 0.1) is 0 Å². The Kier molecular flexibility index (Phi) is 5.74. The lowest BCUT2D eigenvalue weighted by atomic mass is 10.1. The van der Waals surface area contributed by atoms with Crippen molar-refractivity contribution in [3.8, 4) is 5.75 Å². The molecular weight excluding hydrogens is 337 g/mol. The number of benzene rings is 2. The molecule has 0 aliphatic rings. The van der Waals surface area contributed by atoms with Crippen LogP contribution in [0.4, 0.5) is 5.69 Å². The predicted octanol–water partition coefficient (Wildman–Crippen LogP) is 5.09. The lowest BCUT2D eigenvalue weighted by molar-refractivity contribution is 0.0697. The van der Waals surface area contributed by atoms with E-state index in [1.54, 1.807) is 18.2 Å². The Labute approximate surface area is 145 Å². The van der Waals surface area contributed by atoms with Gasteiger partial charge in [0.2, 0.25) is 0 Å². The maximum Gasteiger partial charge on any atom is 0.335 e. The predicted molar refractivity (Wildman–Crippen MR) is 93.0 cm³/mol. The molecule has 0 saturated carbocycles. The van der Waals surface area contributed by atoms with Crippen molar-refractivity contribution in [2.75, 3.05) is 5.32 Å². The van der Waals surface area contributed by atoms with E-state index in [1.807, 2.05) is 19.9 Å². The lowest BCUT2D eigenvalue weighted by Gasteiger charge is -2.16. The van der Waals surface area contributed by atoms with Crippen LogP contribution in [-0.4, -0.2) is 17.2 Å². The first-order valence-corrected chi connectivity index (χ1v) is 7.84. The van der Waals surface area contributed by atoms with E-state index in [4.69, 9.17) is 33.0 Å². The van der Waals surface area contributed by atoms with Crippen molar-refractivity contribution in [2.24, 2.45) is 0 Å². The molecule has 23 heavy (non-hydrogen) atoms. The molecule has 2 aromatic carbocycles. The van der Waals surface area contributed by atoms with E-state index in [-0.39, 0.29) is 11.7 Å². The summed E-state index contributed by atoms with van der Waals surface area (Å²) in [5.41, 5.74) is 1.58. The highest BCUT2D eigenvalue weighted by Crippen LogP contribution is 2.27. The van der Waals surface area contributed by atoms with Crippen molar-refractivity contribution >= 4 is 34.9 Å². The van der Waals surface area contributed by atoms with Crippen molar-refractivity contribution in [1.29, 1.82) is 0 Å². The Bertz CT molecular complexity index is 717. The van der Waals surface area contributed by atoms with Crippen LogP contribution in [0.1, 0.15) is 29.8 Å². The van der Waals surface area contributed by atoms with Crippen LogP contribution >= 0.6 is 23.2 Å². The van der Waals surface area contributed by atoms with Gasteiger partial charge in [-0.25, -0.2) is 4.79 Å². The second-order valence-corrected chi connectivity index (χ2v) is 6.12. The summed E-state index contributed by atoms with van der Waals surface area (Å²) in [6, 6.07) is 9.90. The Hall–Kier alpha value is -1.91. The first kappa shape index (κ1) is 17.4. The van der Waals surface area contributed by atoms with Crippen molar-refractivity contribution in [3.05, 3.63) is 57.6 Å². The van der Waals surface area contributed by atoms with Crippen LogP contribution in [0.5, 0.6) is 5.75 Å². The minimum atomic E-state index is -1.00. The second kappa shape index (κ2) is 7.57. The number of hydrogen-bond donors (Lipinski definition) is 2. The number of carbonyl (C=O) groups is 1. The van der Waals surface area contributed by atoms with Crippen LogP contribution in [0.15, 0.2) is 36.4 Å². The van der Waals surface area contributed by atoms with Gasteiger partial charge in [-0.1, -0.05) is 23.2 Å². The monoisotopic (exact) mass is 353 g/mol. The van der Waals surface area contributed by atoms with Gasteiger partial charge in [-0.05, 0) is 50.2 Å². The molecule has 0 aliphatic heterocycles. The SMILES string of the molecule is CC(C)Oc1ccc(Cl)cc1CNc1cc(C(=O)O)ccc1Cl. The van der Waals surface area contributed by atoms with Gasteiger partial charge in [0.25, 0.3) is 0 Å². The first-order chi connectivity index (χ1) is 10.9. The Morgan fingerprint density at radius 2 is 1.96 bits per heavy atom. The summed E-state index contributed by atoms with van der Waals surface area (Å²) in [6.07, 6.45) is 0.0360. The molecule has 0 atom stereocenters. The van der Waals surface area contributed by atoms with Gasteiger partial charge in [-0.15, -0.1) is 0 Å². The number of carboxylic acids is 1. The number of halogens is 2. The molecule has 0 bridgehead atoms. The highest BCUT2D eigenvalue weighted by Gasteiger charge is 2.10. The van der Waals surface area contributed by atoms with Crippen molar-refractivity contribution < 1.29 is 14.6 Å². The molecular formula is C17H17Cl2NO3. The van der Waals surface area contributed by atoms with E-state index >= 15 is 0 Å². The smallest absolute Gasteiger partial charge is 0.335 e. The van der Waals surface area contributed by atoms with Gasteiger partial charge in [0.05, 0.1) is 22.4 Å². The van der Waals surface area contributed by atoms with E-state index in [2.05, 4.69) is 5.32 Å². The summed E-state index contributed by atoms with van der Waals surface area (Å²) in [6.45, 7) is 4.30. The number of nitrogens with one attached hydrogen (secondary N) is 1. The maximum atomic E-state index is 11.1. The fourth-order valence-corrected chi connectivity index (χ4v) is 2.42. The molecule has 0 aliphatic carbocycles. The molecule has 0 spiro atoms. The molecule has 6 heteroatoms. The number of rotatable bonds is 6. The van der Waals surface area contributed by atoms with Crippen LogP contribution in [0.3, 0.4) is 0 Å². The van der Waals surface area contributed by atoms with Crippen LogP contribution in [-0.2, 0) is 6.54 Å². The largest absolute Gasteiger partial charge is 0.491 e. The number of anilines is 1. The van der Waals surface area contributed by atoms with Gasteiger partial charge in [-0.3, -0.25) is 0 Å². The highest BCUT2D eigenvalue weighted by molar-refractivity contribution is 6.33. The van der Waals surface area contributed by atoms with Crippen molar-refractivity contribution in [3.63, 3.8) is 0 Å². The van der Waals surface area contributed by atoms with Gasteiger partial charge in [-0.2, -0.15) is 0 Å². The van der Waals surface area contributed by atoms with E-state index in [9.17, 15) is 4.79 Å². The standard InChI is InChI=1S/C17H17Cl2NO3/c1-10(2)23-16-6-4-13(18)7-12(16)9-20-15-8-11(17(21)22)3-5-14(15)19/h3-8,10,20H,9H2,1-2H3,(H,21,22). The van der Waals surface area contributed by atoms with Crippen LogP contribution < -0.4 is 10.1 Å². The summed E-state index contributed by atoms with van der Waals surface area (Å²) < 4.78 is 5.76. The van der Waals surface area contributed by atoms with E-state index in [0.29, 0.717) is 22.3 Å². The zero-order valence-electron chi connectivity index (χ0n) is 12.8. The maximum absolute atomic E-state index is 11.1. The molecule has 4 nitrogen and oxygen atoms in total. The number of carboxylic acid groups (broad SMARTS) is 1.